The number of hydrogen-bond acceptors (Lipinski definition) is 6. The second-order valence-electron chi connectivity index (χ2n) is 6.22. The van der Waals surface area contributed by atoms with Crippen molar-refractivity contribution in [3.63, 3.8) is 0 Å². The van der Waals surface area contributed by atoms with Crippen LogP contribution in [0.15, 0.2) is 47.4 Å². The van der Waals surface area contributed by atoms with E-state index in [0.717, 1.165) is 17.8 Å². The molecule has 1 saturated heterocycles. The molecule has 0 radical (unpaired) electrons. The Morgan fingerprint density at radius 3 is 2.70 bits per heavy atom. The molecule has 1 heterocycles. The summed E-state index contributed by atoms with van der Waals surface area (Å²) in [6.07, 6.45) is 1.40. The summed E-state index contributed by atoms with van der Waals surface area (Å²) in [4.78, 5) is 37.6. The van der Waals surface area contributed by atoms with Gasteiger partial charge >= 0.3 is 5.97 Å². The van der Waals surface area contributed by atoms with E-state index in [2.05, 4.69) is 5.32 Å². The zero-order chi connectivity index (χ0) is 21.8. The van der Waals surface area contributed by atoms with Crippen molar-refractivity contribution in [2.45, 2.75) is 6.42 Å². The lowest BCUT2D eigenvalue weighted by molar-refractivity contribution is -0.122. The van der Waals surface area contributed by atoms with Crippen LogP contribution in [0.2, 0.25) is 0 Å². The van der Waals surface area contributed by atoms with Crippen molar-refractivity contribution in [1.82, 2.24) is 4.90 Å². The number of hydrogen-bond donors (Lipinski definition) is 3. The number of carbonyl (C=O) groups excluding carboxylic acids is 2. The number of amides is 2. The van der Waals surface area contributed by atoms with Gasteiger partial charge in [0.25, 0.3) is 5.91 Å². The van der Waals surface area contributed by atoms with Gasteiger partial charge in [0.15, 0.2) is 0 Å². The number of carbonyl (C=O) groups is 3. The fourth-order valence-corrected chi connectivity index (χ4v) is 3.99. The van der Waals surface area contributed by atoms with Crippen LogP contribution < -0.4 is 5.32 Å². The number of phenolic OH excluding ortho intramolecular Hbond substituents is 1. The van der Waals surface area contributed by atoms with E-state index in [4.69, 9.17) is 12.2 Å². The van der Waals surface area contributed by atoms with Crippen LogP contribution in [-0.4, -0.2) is 43.8 Å². The van der Waals surface area contributed by atoms with Crippen LogP contribution in [0.4, 0.5) is 10.1 Å². The molecule has 7 nitrogen and oxygen atoms in total. The summed E-state index contributed by atoms with van der Waals surface area (Å²) in [6, 6.07) is 9.32. The van der Waals surface area contributed by atoms with E-state index in [9.17, 15) is 29.0 Å². The Morgan fingerprint density at radius 1 is 1.23 bits per heavy atom. The molecular weight excluding hydrogens is 431 g/mol. The van der Waals surface area contributed by atoms with Crippen molar-refractivity contribution in [2.24, 2.45) is 0 Å². The number of thioether (sulfide) groups is 1. The third kappa shape index (κ3) is 5.02. The molecule has 0 aromatic heterocycles. The van der Waals surface area contributed by atoms with Gasteiger partial charge in [-0.25, -0.2) is 9.18 Å². The van der Waals surface area contributed by atoms with E-state index in [1.54, 1.807) is 6.07 Å². The minimum absolute atomic E-state index is 0.00250. The molecule has 0 unspecified atom stereocenters. The van der Waals surface area contributed by atoms with Gasteiger partial charge in [-0.3, -0.25) is 14.5 Å². The van der Waals surface area contributed by atoms with Crippen molar-refractivity contribution in [3.05, 3.63) is 64.3 Å². The number of nitrogens with one attached hydrogen (secondary N) is 1. The molecule has 1 aliphatic rings. The SMILES string of the molecule is O=C(CCN1C(=O)/C(=C/c2cccc(F)c2)SC1=S)Nc1ccc(O)cc1C(=O)O. The number of halogens is 1. The Balaban J connectivity index is 1.65. The number of rotatable bonds is 6. The predicted octanol–water partition coefficient (Wildman–Crippen LogP) is 3.46. The summed E-state index contributed by atoms with van der Waals surface area (Å²) in [5.74, 6) is -2.89. The van der Waals surface area contributed by atoms with E-state index >= 15 is 0 Å². The molecule has 0 spiro atoms. The molecule has 2 amide bonds. The third-order valence-corrected chi connectivity index (χ3v) is 5.47. The number of aromatic carboxylic acids is 1. The van der Waals surface area contributed by atoms with Crippen LogP contribution >= 0.6 is 24.0 Å². The monoisotopic (exact) mass is 446 g/mol. The minimum Gasteiger partial charge on any atom is -0.508 e. The molecule has 0 bridgehead atoms. The Hall–Kier alpha value is -3.24. The third-order valence-electron chi connectivity index (χ3n) is 4.09. The normalized spacial score (nSPS) is 15.0. The molecule has 1 aliphatic heterocycles. The maximum Gasteiger partial charge on any atom is 0.337 e. The molecule has 1 fully saturated rings. The lowest BCUT2D eigenvalue weighted by Crippen LogP contribution is -2.31. The standard InChI is InChI=1S/C20H15FN2O5S2/c21-12-3-1-2-11(8-12)9-16-18(26)23(20(29)30-16)7-6-17(25)22-15-5-4-13(24)10-14(15)19(27)28/h1-5,8-10,24H,6-7H2,(H,22,25)(H,27,28)/b16-9-. The Bertz CT molecular complexity index is 1090. The topological polar surface area (TPSA) is 107 Å². The average Bonchev–Trinajstić information content (AvgIpc) is 2.94. The van der Waals surface area contributed by atoms with Gasteiger partial charge in [0, 0.05) is 13.0 Å². The number of anilines is 1. The van der Waals surface area contributed by atoms with Gasteiger partial charge in [-0.05, 0) is 42.0 Å². The van der Waals surface area contributed by atoms with Gasteiger partial charge in [0.1, 0.15) is 15.9 Å². The predicted molar refractivity (Wildman–Crippen MR) is 115 cm³/mol. The highest BCUT2D eigenvalue weighted by Gasteiger charge is 2.32. The van der Waals surface area contributed by atoms with Gasteiger partial charge in [-0.1, -0.05) is 36.1 Å². The van der Waals surface area contributed by atoms with Gasteiger partial charge in [-0.2, -0.15) is 0 Å². The van der Waals surface area contributed by atoms with E-state index < -0.39 is 23.6 Å². The summed E-state index contributed by atoms with van der Waals surface area (Å²) in [5.41, 5.74) is 0.287. The van der Waals surface area contributed by atoms with Gasteiger partial charge < -0.3 is 15.5 Å². The Kier molecular flexibility index (Phi) is 6.48. The number of aromatic hydroxyl groups is 1. The van der Waals surface area contributed by atoms with Crippen LogP contribution in [0.5, 0.6) is 5.75 Å². The highest BCUT2D eigenvalue weighted by molar-refractivity contribution is 8.26. The fraction of sp³-hybridized carbons (Fsp3) is 0.100. The van der Waals surface area contributed by atoms with Crippen molar-refractivity contribution >= 4 is 57.8 Å². The van der Waals surface area contributed by atoms with Gasteiger partial charge in [-0.15, -0.1) is 0 Å². The molecule has 0 aliphatic carbocycles. The maximum absolute atomic E-state index is 13.3. The number of carboxylic acids is 1. The van der Waals surface area contributed by atoms with E-state index in [0.29, 0.717) is 10.5 Å². The smallest absolute Gasteiger partial charge is 0.337 e. The summed E-state index contributed by atoms with van der Waals surface area (Å²) < 4.78 is 13.6. The van der Waals surface area contributed by atoms with Crippen molar-refractivity contribution < 1.29 is 29.0 Å². The van der Waals surface area contributed by atoms with E-state index in [1.807, 2.05) is 0 Å². The van der Waals surface area contributed by atoms with Gasteiger partial charge in [0.05, 0.1) is 16.2 Å². The van der Waals surface area contributed by atoms with Crippen molar-refractivity contribution in [2.75, 3.05) is 11.9 Å². The van der Waals surface area contributed by atoms with Crippen LogP contribution in [-0.2, 0) is 9.59 Å². The summed E-state index contributed by atoms with van der Waals surface area (Å²) in [6.45, 7) is -0.00250. The molecule has 3 rings (SSSR count). The molecule has 154 valence electrons. The largest absolute Gasteiger partial charge is 0.508 e. The second-order valence-corrected chi connectivity index (χ2v) is 7.90. The van der Waals surface area contributed by atoms with Crippen molar-refractivity contribution in [3.8, 4) is 5.75 Å². The van der Waals surface area contributed by atoms with E-state index in [-0.39, 0.29) is 34.3 Å². The quantitative estimate of drug-likeness (QED) is 0.354. The first-order valence-corrected chi connectivity index (χ1v) is 9.84. The average molecular weight is 446 g/mol. The Morgan fingerprint density at radius 2 is 2.00 bits per heavy atom. The lowest BCUT2D eigenvalue weighted by atomic mass is 10.1. The van der Waals surface area contributed by atoms with Gasteiger partial charge in [0.2, 0.25) is 5.91 Å². The highest BCUT2D eigenvalue weighted by atomic mass is 32.2. The van der Waals surface area contributed by atoms with Crippen LogP contribution in [0.3, 0.4) is 0 Å². The number of phenols is 1. The second kappa shape index (κ2) is 9.06. The molecule has 2 aromatic rings. The highest BCUT2D eigenvalue weighted by Crippen LogP contribution is 2.32. The molecule has 30 heavy (non-hydrogen) atoms. The lowest BCUT2D eigenvalue weighted by Gasteiger charge is -2.14. The summed E-state index contributed by atoms with van der Waals surface area (Å²) in [7, 11) is 0. The number of nitrogens with zero attached hydrogens (tertiary/aromatic N) is 1. The molecule has 2 aromatic carbocycles. The number of benzene rings is 2. The number of carboxylic acid groups (broad SMARTS) is 1. The summed E-state index contributed by atoms with van der Waals surface area (Å²) >= 11 is 6.26. The maximum atomic E-state index is 13.3. The Labute approximate surface area is 180 Å². The van der Waals surface area contributed by atoms with Crippen LogP contribution in [0.1, 0.15) is 22.3 Å². The molecule has 0 atom stereocenters. The summed E-state index contributed by atoms with van der Waals surface area (Å²) in [5, 5.41) is 21.0. The van der Waals surface area contributed by atoms with Crippen molar-refractivity contribution in [1.29, 1.82) is 0 Å². The van der Waals surface area contributed by atoms with Crippen LogP contribution in [0, 0.1) is 5.82 Å². The number of thiocarbonyl (C=S) groups is 1. The molecule has 3 N–H and O–H groups in total. The molecule has 10 heteroatoms. The van der Waals surface area contributed by atoms with E-state index in [1.165, 1.54) is 41.3 Å². The molecular formula is C20H15FN2O5S2. The fourth-order valence-electron chi connectivity index (χ4n) is 2.68. The first-order chi connectivity index (χ1) is 14.2. The zero-order valence-electron chi connectivity index (χ0n) is 15.3. The zero-order valence-corrected chi connectivity index (χ0v) is 16.9. The molecule has 0 saturated carbocycles. The first-order valence-electron chi connectivity index (χ1n) is 8.61. The van der Waals surface area contributed by atoms with Crippen LogP contribution in [0.25, 0.3) is 6.08 Å². The minimum atomic E-state index is -1.30. The first kappa shape index (κ1) is 21.5.